The van der Waals surface area contributed by atoms with Gasteiger partial charge in [-0.05, 0) is 244 Å². The molecule has 6 saturated carbocycles. The molecule has 0 amide bonds. The zero-order chi connectivity index (χ0) is 76.5. The van der Waals surface area contributed by atoms with Crippen LogP contribution in [0.15, 0.2) is 0 Å². The number of aliphatic hydroxyl groups is 6. The van der Waals surface area contributed by atoms with Gasteiger partial charge in [0.15, 0.2) is 0 Å². The van der Waals surface area contributed by atoms with E-state index < -0.39 is 23.3 Å². The summed E-state index contributed by atoms with van der Waals surface area (Å²) in [6, 6.07) is 0. The maximum atomic E-state index is 10.5. The Balaban J connectivity index is -0.000000329. The molecule has 3 heterocycles. The van der Waals surface area contributed by atoms with E-state index in [9.17, 15) is 35.4 Å². The molecule has 0 aromatic rings. The summed E-state index contributed by atoms with van der Waals surface area (Å²) in [5.41, 5.74) is -0.921. The molecule has 9 rings (SSSR count). The summed E-state index contributed by atoms with van der Waals surface area (Å²) >= 11 is 0. The second-order valence-corrected chi connectivity index (χ2v) is 31.9. The van der Waals surface area contributed by atoms with Crippen LogP contribution in [0.4, 0.5) is 0 Å². The number of aliphatic hydroxyl groups excluding tert-OH is 4. The first kappa shape index (κ1) is 105. The van der Waals surface area contributed by atoms with Crippen molar-refractivity contribution in [2.24, 2.45) is 107 Å². The standard InChI is InChI=1S/2C12H24O.C11H20O2.C10H18O2.C9H16O3.2C9H18O.7C2H6/c1-9(2)10-5-7-11(8-6-10)12(3,4)13;1-9(2)10-6-5-7-11(8-10)12(3,4)13;1-8(2)10-5-3-9(4-6-10)7-11(12)13;1-6(2)8-5-12-10-7(8)3-4-9(10)11;1-5(2)6-3-11-9-7(10)4-12-8(6)9;1-7(2)8-3-5-9(10)6-4-8;1-7(2)8-4-3-5-9(10)6-8;7*1-2/h2*9-11,13H,5-8H2,1-4H3;8-10H,3-7H2,1-2H3,(H,12,13);6-11H,3-5H2,1-2H3;5-10H,3-4H2,1-2H3;2*7-10H,3-6H2,1-2H3;7*1-2H3. The van der Waals surface area contributed by atoms with Crippen LogP contribution < -0.4 is 0 Å². The fourth-order valence-corrected chi connectivity index (χ4v) is 15.6. The Morgan fingerprint density at radius 1 is 0.351 bits per heavy atom. The zero-order valence-corrected chi connectivity index (χ0v) is 71.1. The Kier molecular flexibility index (Phi) is 65.2. The summed E-state index contributed by atoms with van der Waals surface area (Å²) in [6.07, 6.45) is 26.2. The quantitative estimate of drug-likeness (QED) is 0.104. The number of rotatable bonds is 11. The Bertz CT molecular complexity index is 1640. The molecule has 11 nitrogen and oxygen atoms in total. The molecule has 0 aromatic heterocycles. The van der Waals surface area contributed by atoms with Crippen molar-refractivity contribution in [1.29, 1.82) is 0 Å². The smallest absolute Gasteiger partial charge is 0.303 e. The van der Waals surface area contributed by atoms with Crippen LogP contribution in [0.25, 0.3) is 0 Å². The summed E-state index contributed by atoms with van der Waals surface area (Å²) in [6.45, 7) is 69.5. The van der Waals surface area contributed by atoms with E-state index in [1.807, 2.05) is 125 Å². The van der Waals surface area contributed by atoms with E-state index in [1.54, 1.807) is 0 Å². The molecule has 0 radical (unpaired) electrons. The lowest BCUT2D eigenvalue weighted by Crippen LogP contribution is -2.35. The van der Waals surface area contributed by atoms with Gasteiger partial charge in [-0.1, -0.05) is 220 Å². The fourth-order valence-electron chi connectivity index (χ4n) is 15.6. The first-order valence-electron chi connectivity index (χ1n) is 41.9. The van der Waals surface area contributed by atoms with Crippen LogP contribution in [-0.4, -0.2) is 115 Å². The molecule has 97 heavy (non-hydrogen) atoms. The first-order valence-corrected chi connectivity index (χ1v) is 41.9. The van der Waals surface area contributed by atoms with Crippen molar-refractivity contribution in [3.8, 4) is 0 Å². The molecular formula is C86H180O11. The van der Waals surface area contributed by atoms with E-state index in [0.29, 0.717) is 60.4 Å². The number of carbonyl (C=O) groups is 1. The number of carboxylic acid groups (broad SMARTS) is 1. The summed E-state index contributed by atoms with van der Waals surface area (Å²) in [5, 5.41) is 66.0. The topological polar surface area (TPSA) is 186 Å². The summed E-state index contributed by atoms with van der Waals surface area (Å²) in [7, 11) is 0. The first-order chi connectivity index (χ1) is 45.7. The molecule has 3 saturated heterocycles. The van der Waals surface area contributed by atoms with Crippen molar-refractivity contribution in [1.82, 2.24) is 0 Å². The minimum absolute atomic E-state index is 0.00106. The summed E-state index contributed by atoms with van der Waals surface area (Å²) in [4.78, 5) is 10.5. The third kappa shape index (κ3) is 43.9. The molecule has 590 valence electrons. The number of hydrogen-bond acceptors (Lipinski definition) is 10. The Hall–Kier alpha value is -0.890. The van der Waals surface area contributed by atoms with Crippen molar-refractivity contribution >= 4 is 5.97 Å². The number of ether oxygens (including phenoxy) is 3. The largest absolute Gasteiger partial charge is 0.481 e. The highest BCUT2D eigenvalue weighted by molar-refractivity contribution is 5.67. The molecule has 12 unspecified atom stereocenters. The van der Waals surface area contributed by atoms with Gasteiger partial charge in [0.25, 0.3) is 0 Å². The Morgan fingerprint density at radius 3 is 1.08 bits per heavy atom. The molecule has 0 bridgehead atoms. The minimum atomic E-state index is -0.631. The number of carboxylic acids is 1. The van der Waals surface area contributed by atoms with E-state index in [4.69, 9.17) is 19.3 Å². The molecule has 0 spiro atoms. The normalized spacial score (nSPS) is 31.4. The highest BCUT2D eigenvalue weighted by Crippen LogP contribution is 2.44. The van der Waals surface area contributed by atoms with E-state index in [2.05, 4.69) is 96.9 Å². The highest BCUT2D eigenvalue weighted by Gasteiger charge is 2.48. The van der Waals surface area contributed by atoms with Gasteiger partial charge in [0, 0.05) is 12.3 Å². The molecule has 9 aliphatic rings. The van der Waals surface area contributed by atoms with Crippen molar-refractivity contribution < 1.29 is 54.8 Å². The lowest BCUT2D eigenvalue weighted by atomic mass is 9.71. The zero-order valence-electron chi connectivity index (χ0n) is 71.1. The van der Waals surface area contributed by atoms with Gasteiger partial charge in [-0.25, -0.2) is 0 Å². The van der Waals surface area contributed by atoms with Crippen LogP contribution in [0, 0.1) is 107 Å². The van der Waals surface area contributed by atoms with Crippen molar-refractivity contribution in [3.63, 3.8) is 0 Å². The third-order valence-electron chi connectivity index (χ3n) is 22.4. The van der Waals surface area contributed by atoms with Crippen molar-refractivity contribution in [2.75, 3.05) is 19.8 Å². The van der Waals surface area contributed by atoms with Crippen LogP contribution in [0.1, 0.15) is 369 Å². The number of aliphatic carboxylic acids is 1. The van der Waals surface area contributed by atoms with E-state index in [1.165, 1.54) is 89.9 Å². The monoisotopic (exact) mass is 1390 g/mol. The van der Waals surface area contributed by atoms with Crippen molar-refractivity contribution in [2.45, 2.75) is 423 Å². The number of hydrogen-bond donors (Lipinski definition) is 7. The van der Waals surface area contributed by atoms with Crippen LogP contribution in [0.2, 0.25) is 0 Å². The summed E-state index contributed by atoms with van der Waals surface area (Å²) < 4.78 is 16.6. The maximum Gasteiger partial charge on any atom is 0.303 e. The Morgan fingerprint density at radius 2 is 0.711 bits per heavy atom. The maximum absolute atomic E-state index is 10.5. The van der Waals surface area contributed by atoms with Gasteiger partial charge in [-0.2, -0.15) is 0 Å². The van der Waals surface area contributed by atoms with Gasteiger partial charge in [0.2, 0.25) is 0 Å². The molecule has 6 aliphatic carbocycles. The molecule has 11 heteroatoms. The van der Waals surface area contributed by atoms with Crippen LogP contribution in [0.3, 0.4) is 0 Å². The lowest BCUT2D eigenvalue weighted by Gasteiger charge is -2.38. The molecule has 9 fully saturated rings. The average molecular weight is 1390 g/mol. The predicted molar refractivity (Wildman–Crippen MR) is 421 cm³/mol. The van der Waals surface area contributed by atoms with Crippen LogP contribution in [-0.2, 0) is 19.0 Å². The van der Waals surface area contributed by atoms with Gasteiger partial charge >= 0.3 is 5.97 Å². The number of fused-ring (bicyclic) bond motifs is 2. The molecule has 7 N–H and O–H groups in total. The van der Waals surface area contributed by atoms with Crippen LogP contribution >= 0.6 is 0 Å². The average Bonchev–Trinajstić information content (AvgIpc) is 1.67. The Labute approximate surface area is 607 Å². The van der Waals surface area contributed by atoms with E-state index in [0.717, 1.165) is 124 Å². The van der Waals surface area contributed by atoms with Gasteiger partial charge < -0.3 is 50.0 Å². The van der Waals surface area contributed by atoms with Crippen LogP contribution in [0.5, 0.6) is 0 Å². The highest BCUT2D eigenvalue weighted by atomic mass is 16.6. The second kappa shape index (κ2) is 60.4. The van der Waals surface area contributed by atoms with E-state index in [-0.39, 0.29) is 36.6 Å². The fraction of sp³-hybridized carbons (Fsp3) is 0.988. The molecule has 3 aliphatic heterocycles. The predicted octanol–water partition coefficient (Wildman–Crippen LogP) is 22.8. The SMILES string of the molecule is CC.CC.CC.CC.CC.CC.CC.CC(C)C1CCC(C(C)(C)O)CC1.CC(C)C1CCC(CC(=O)O)CC1.CC(C)C1CCC(O)CC1.CC(C)C1CCCC(C(C)(C)O)C1.CC(C)C1CCCC(O)C1.CC(C)C1COC2C(O)CCC12.CC(C)C1COC2C(O)COC12. The molecule has 12 atom stereocenters. The van der Waals surface area contributed by atoms with Gasteiger partial charge in [-0.15, -0.1) is 0 Å². The van der Waals surface area contributed by atoms with E-state index >= 15 is 0 Å². The second-order valence-electron chi connectivity index (χ2n) is 31.9. The minimum Gasteiger partial charge on any atom is -0.481 e. The molecular weight excluding hydrogens is 1210 g/mol. The van der Waals surface area contributed by atoms with Gasteiger partial charge in [0.1, 0.15) is 12.2 Å². The molecule has 0 aromatic carbocycles. The van der Waals surface area contributed by atoms with Gasteiger partial charge in [0.05, 0.1) is 61.5 Å². The van der Waals surface area contributed by atoms with Gasteiger partial charge in [-0.3, -0.25) is 4.79 Å². The lowest BCUT2D eigenvalue weighted by molar-refractivity contribution is -0.138. The third-order valence-corrected chi connectivity index (χ3v) is 22.4. The van der Waals surface area contributed by atoms with Crippen molar-refractivity contribution in [3.05, 3.63) is 0 Å². The summed E-state index contributed by atoms with van der Waals surface area (Å²) in [5.74, 6) is 12.1.